The molecule has 0 aromatic carbocycles. The Hall–Kier alpha value is 0.270. The molecular formula is C12H26N2S. The molecule has 0 spiro atoms. The van der Waals surface area contributed by atoms with Gasteiger partial charge in [-0.3, -0.25) is 0 Å². The van der Waals surface area contributed by atoms with E-state index in [2.05, 4.69) is 11.6 Å². The number of hydrogen-bond donors (Lipinski definition) is 2. The highest BCUT2D eigenvalue weighted by molar-refractivity contribution is 7.98. The lowest BCUT2D eigenvalue weighted by Gasteiger charge is -2.27. The summed E-state index contributed by atoms with van der Waals surface area (Å²) >= 11 is 1.95. The molecule has 90 valence electrons. The molecule has 1 fully saturated rings. The molecule has 0 amide bonds. The molecule has 0 heterocycles. The average molecular weight is 230 g/mol. The summed E-state index contributed by atoms with van der Waals surface area (Å²) in [4.78, 5) is 0. The molecule has 3 heteroatoms. The van der Waals surface area contributed by atoms with E-state index in [0.29, 0.717) is 12.1 Å². The molecule has 3 N–H and O–H groups in total. The molecule has 1 aliphatic carbocycles. The third kappa shape index (κ3) is 6.44. The first-order valence-electron chi connectivity index (χ1n) is 6.31. The molecule has 1 aliphatic rings. The first-order valence-corrected chi connectivity index (χ1v) is 7.70. The van der Waals surface area contributed by atoms with Crippen molar-refractivity contribution in [2.45, 2.75) is 57.0 Å². The van der Waals surface area contributed by atoms with E-state index in [1.54, 1.807) is 0 Å². The van der Waals surface area contributed by atoms with Gasteiger partial charge in [0.25, 0.3) is 0 Å². The Bertz CT molecular complexity index is 153. The van der Waals surface area contributed by atoms with Gasteiger partial charge in [-0.15, -0.1) is 0 Å². The predicted molar refractivity (Wildman–Crippen MR) is 70.5 cm³/mol. The Kier molecular flexibility index (Phi) is 7.49. The molecule has 0 saturated heterocycles. The predicted octanol–water partition coefficient (Wildman–Crippen LogP) is 2.38. The lowest BCUT2D eigenvalue weighted by atomic mass is 9.91. The molecule has 2 nitrogen and oxygen atoms in total. The van der Waals surface area contributed by atoms with E-state index in [4.69, 9.17) is 5.73 Å². The summed E-state index contributed by atoms with van der Waals surface area (Å²) in [5, 5.41) is 3.64. The summed E-state index contributed by atoms with van der Waals surface area (Å²) in [5.74, 6) is 1.31. The van der Waals surface area contributed by atoms with E-state index in [0.717, 1.165) is 0 Å². The maximum atomic E-state index is 5.95. The highest BCUT2D eigenvalue weighted by atomic mass is 32.2. The Morgan fingerprint density at radius 3 is 2.87 bits per heavy atom. The largest absolute Gasteiger partial charge is 0.328 e. The van der Waals surface area contributed by atoms with Gasteiger partial charge in [0.2, 0.25) is 0 Å². The van der Waals surface area contributed by atoms with Crippen LogP contribution in [0.25, 0.3) is 0 Å². The Labute approximate surface area is 98.8 Å². The highest BCUT2D eigenvalue weighted by Crippen LogP contribution is 2.16. The third-order valence-corrected chi connectivity index (χ3v) is 3.87. The van der Waals surface area contributed by atoms with Crippen molar-refractivity contribution in [2.75, 3.05) is 18.6 Å². The lowest BCUT2D eigenvalue weighted by Crippen LogP contribution is -2.39. The minimum absolute atomic E-state index is 0.452. The van der Waals surface area contributed by atoms with Crippen LogP contribution in [-0.4, -0.2) is 30.6 Å². The van der Waals surface area contributed by atoms with Crippen LogP contribution in [-0.2, 0) is 0 Å². The van der Waals surface area contributed by atoms with Crippen molar-refractivity contribution in [3.63, 3.8) is 0 Å². The van der Waals surface area contributed by atoms with Gasteiger partial charge in [0.05, 0.1) is 0 Å². The van der Waals surface area contributed by atoms with Crippen LogP contribution in [0.4, 0.5) is 0 Å². The minimum Gasteiger partial charge on any atom is -0.328 e. The normalized spacial score (nSPS) is 26.8. The highest BCUT2D eigenvalue weighted by Gasteiger charge is 2.17. The van der Waals surface area contributed by atoms with Gasteiger partial charge in [-0.2, -0.15) is 11.8 Å². The van der Waals surface area contributed by atoms with Gasteiger partial charge in [-0.1, -0.05) is 12.8 Å². The van der Waals surface area contributed by atoms with E-state index in [9.17, 15) is 0 Å². The SMILES string of the molecule is CSCCCCCNC1CCCC(N)C1. The summed E-state index contributed by atoms with van der Waals surface area (Å²) < 4.78 is 0. The Balaban J connectivity index is 1.90. The van der Waals surface area contributed by atoms with Gasteiger partial charge in [0.1, 0.15) is 0 Å². The van der Waals surface area contributed by atoms with Gasteiger partial charge in [0, 0.05) is 12.1 Å². The van der Waals surface area contributed by atoms with E-state index in [1.807, 2.05) is 11.8 Å². The van der Waals surface area contributed by atoms with Crippen LogP contribution in [0.3, 0.4) is 0 Å². The van der Waals surface area contributed by atoms with E-state index in [1.165, 1.54) is 57.2 Å². The number of nitrogens with two attached hydrogens (primary N) is 1. The number of thioether (sulfide) groups is 1. The van der Waals surface area contributed by atoms with Gasteiger partial charge in [0.15, 0.2) is 0 Å². The topological polar surface area (TPSA) is 38.0 Å². The van der Waals surface area contributed by atoms with Crippen molar-refractivity contribution in [2.24, 2.45) is 5.73 Å². The number of hydrogen-bond acceptors (Lipinski definition) is 3. The molecule has 2 unspecified atom stereocenters. The van der Waals surface area contributed by atoms with Crippen LogP contribution < -0.4 is 11.1 Å². The Morgan fingerprint density at radius 2 is 2.13 bits per heavy atom. The van der Waals surface area contributed by atoms with E-state index >= 15 is 0 Å². The van der Waals surface area contributed by atoms with Gasteiger partial charge in [-0.25, -0.2) is 0 Å². The molecule has 1 rings (SSSR count). The Morgan fingerprint density at radius 1 is 1.27 bits per heavy atom. The molecule has 1 saturated carbocycles. The summed E-state index contributed by atoms with van der Waals surface area (Å²) in [7, 11) is 0. The van der Waals surface area contributed by atoms with Gasteiger partial charge < -0.3 is 11.1 Å². The molecule has 0 bridgehead atoms. The minimum atomic E-state index is 0.452. The van der Waals surface area contributed by atoms with Crippen LogP contribution in [0.2, 0.25) is 0 Å². The van der Waals surface area contributed by atoms with Crippen molar-refractivity contribution in [1.29, 1.82) is 0 Å². The fraction of sp³-hybridized carbons (Fsp3) is 1.00. The van der Waals surface area contributed by atoms with Crippen molar-refractivity contribution in [1.82, 2.24) is 5.32 Å². The zero-order valence-corrected chi connectivity index (χ0v) is 10.8. The van der Waals surface area contributed by atoms with Crippen molar-refractivity contribution in [3.8, 4) is 0 Å². The summed E-state index contributed by atoms with van der Waals surface area (Å²) in [6.07, 6.45) is 11.3. The third-order valence-electron chi connectivity index (χ3n) is 3.17. The zero-order chi connectivity index (χ0) is 10.9. The summed E-state index contributed by atoms with van der Waals surface area (Å²) in [6.45, 7) is 1.19. The quantitative estimate of drug-likeness (QED) is 0.660. The zero-order valence-electron chi connectivity index (χ0n) is 10.0. The van der Waals surface area contributed by atoms with Crippen molar-refractivity contribution >= 4 is 11.8 Å². The molecule has 0 aromatic heterocycles. The van der Waals surface area contributed by atoms with Gasteiger partial charge >= 0.3 is 0 Å². The van der Waals surface area contributed by atoms with Crippen LogP contribution in [0.15, 0.2) is 0 Å². The standard InChI is InChI=1S/C12H26N2S/c1-15-9-4-2-3-8-14-12-7-5-6-11(13)10-12/h11-12,14H,2-10,13H2,1H3. The second-order valence-corrected chi connectivity index (χ2v) is 5.62. The first kappa shape index (κ1) is 13.3. The molecule has 0 aliphatic heterocycles. The second kappa shape index (κ2) is 8.43. The molecule has 2 atom stereocenters. The summed E-state index contributed by atoms with van der Waals surface area (Å²) in [6, 6.07) is 1.15. The second-order valence-electron chi connectivity index (χ2n) is 4.63. The first-order chi connectivity index (χ1) is 7.33. The molecule has 15 heavy (non-hydrogen) atoms. The van der Waals surface area contributed by atoms with Crippen molar-refractivity contribution in [3.05, 3.63) is 0 Å². The summed E-state index contributed by atoms with van der Waals surface area (Å²) in [5.41, 5.74) is 5.95. The van der Waals surface area contributed by atoms with Crippen LogP contribution >= 0.6 is 11.8 Å². The number of rotatable bonds is 7. The molecular weight excluding hydrogens is 204 g/mol. The molecule has 0 aromatic rings. The monoisotopic (exact) mass is 230 g/mol. The van der Waals surface area contributed by atoms with Crippen LogP contribution in [0.1, 0.15) is 44.9 Å². The average Bonchev–Trinajstić information content (AvgIpc) is 2.23. The fourth-order valence-electron chi connectivity index (χ4n) is 2.27. The van der Waals surface area contributed by atoms with Crippen molar-refractivity contribution < 1.29 is 0 Å². The van der Waals surface area contributed by atoms with Crippen LogP contribution in [0, 0.1) is 0 Å². The smallest absolute Gasteiger partial charge is 0.00818 e. The number of unbranched alkanes of at least 4 members (excludes halogenated alkanes) is 2. The van der Waals surface area contributed by atoms with Gasteiger partial charge in [-0.05, 0) is 50.7 Å². The lowest BCUT2D eigenvalue weighted by molar-refractivity contribution is 0.338. The molecule has 0 radical (unpaired) electrons. The maximum absolute atomic E-state index is 5.95. The van der Waals surface area contributed by atoms with Crippen LogP contribution in [0.5, 0.6) is 0 Å². The number of nitrogens with one attached hydrogen (secondary N) is 1. The van der Waals surface area contributed by atoms with E-state index < -0.39 is 0 Å². The fourth-order valence-corrected chi connectivity index (χ4v) is 2.76. The maximum Gasteiger partial charge on any atom is 0.00818 e. The van der Waals surface area contributed by atoms with E-state index in [-0.39, 0.29) is 0 Å².